The van der Waals surface area contributed by atoms with Gasteiger partial charge in [-0.05, 0) is 47.9 Å². The van der Waals surface area contributed by atoms with Gasteiger partial charge in [-0.15, -0.1) is 11.8 Å². The molecule has 22 N–H and O–H groups in total. The van der Waals surface area contributed by atoms with E-state index in [0.29, 0.717) is 33.3 Å². The Kier molecular flexibility index (Phi) is 33.5. The van der Waals surface area contributed by atoms with Crippen LogP contribution < -0.4 is 80.6 Å². The number of para-hydroxylation sites is 1. The number of guanidine groups is 1. The van der Waals surface area contributed by atoms with Gasteiger partial charge in [-0.3, -0.25) is 72.5 Å². The number of aliphatic hydroxyl groups excluding tert-OH is 1. The third-order valence-electron chi connectivity index (χ3n) is 19.0. The van der Waals surface area contributed by atoms with Crippen LogP contribution in [0.4, 0.5) is 0 Å². The van der Waals surface area contributed by atoms with E-state index in [1.165, 1.54) is 44.6 Å². The van der Waals surface area contributed by atoms with Crippen molar-refractivity contribution in [2.45, 2.75) is 145 Å². The van der Waals surface area contributed by atoms with Crippen molar-refractivity contribution < 1.29 is 72.2 Å². The van der Waals surface area contributed by atoms with Gasteiger partial charge in [0.15, 0.2) is 5.96 Å². The second-order valence-corrected chi connectivity index (χ2v) is 29.1. The van der Waals surface area contributed by atoms with Gasteiger partial charge in [0.1, 0.15) is 66.5 Å². The van der Waals surface area contributed by atoms with E-state index in [1.54, 1.807) is 124 Å². The molecule has 8 rings (SSSR count). The van der Waals surface area contributed by atoms with Crippen LogP contribution in [0.25, 0.3) is 10.9 Å². The molecule has 11 atom stereocenters. The molecule has 0 aliphatic carbocycles. The number of fused-ring (bicyclic) bond motifs is 1. The molecule has 1 aliphatic heterocycles. The number of primary amides is 1. The molecule has 40 heteroatoms. The first-order valence-corrected chi connectivity index (χ1v) is 38.7. The Morgan fingerprint density at radius 2 is 1.12 bits per heavy atom. The van der Waals surface area contributed by atoms with Crippen molar-refractivity contribution in [1.82, 2.24) is 108 Å². The maximum Gasteiger partial charge on any atom is 0.245 e. The van der Waals surface area contributed by atoms with Crippen LogP contribution in [0, 0.1) is 11.3 Å². The molecule has 14 amide bonds. The fraction of sp³-hybridized carbons (Fsp3) is 0.421. The molecule has 116 heavy (non-hydrogen) atoms. The molecule has 7 aromatic rings. The average molecular weight is 1620 g/mol. The van der Waals surface area contributed by atoms with E-state index in [-0.39, 0.29) is 81.5 Å². The Hall–Kier alpha value is -13.0. The molecule has 620 valence electrons. The third-order valence-corrected chi connectivity index (χ3v) is 20.0. The number of thioether (sulfide) groups is 1. The number of amides is 14. The number of likely N-dealkylation sites (N-methyl/N-ethyl adjacent to an activating group) is 1. The lowest BCUT2D eigenvalue weighted by atomic mass is 9.99. The van der Waals surface area contributed by atoms with Crippen LogP contribution in [0.1, 0.15) is 73.8 Å². The van der Waals surface area contributed by atoms with E-state index in [4.69, 9.17) is 16.9 Å². The predicted molar refractivity (Wildman–Crippen MR) is 424 cm³/mol. The standard InChI is InChI=1S/C76H100N24O15S/c1-6-50-67(107)94-57(29-48-33-82-41-99(48)4)70(110)97-59(66(106)85-34-61(77)102)37-116-38-63(104)89-53(24-43-16-9-7-10-17-43)71(111)98-64(42(2)3)74(114)96-54(26-45-30-84-51-21-14-13-20-49(45)51)68(108)93-55(27-46-31-80-39-87-46)65(105)86-35-62(103)90-58(36-101)72(112)92-52(22-15-23-83-76(78)79)75(115)100(5)60(25-44-18-11-8-12-19-44)73(113)95-56(69(109)91-50)28-47-32-81-40-88-47/h7-14,16-21,30-33,39-42,50,52-60,64,84,101H,6,15,22-29,34-38H2,1-5H3,(H2,77,102)(H,80,87)(H,81,88)(H,85,106)(H,86,105)(H,89,104)(H,90,103)(H,91,109)(H,92,112)(H,93,108)(H,94,107)(H,95,113)(H,96,114)(H,97,110)(H,98,111)(H4,78,79,83)/t50-,52-,53-,54-,55-,56-,57-,58-,59-,60-,64-/m0/s1. The molecule has 39 nitrogen and oxygen atoms in total. The van der Waals surface area contributed by atoms with Gasteiger partial charge >= 0.3 is 0 Å². The summed E-state index contributed by atoms with van der Waals surface area (Å²) in [5.41, 5.74) is 14.3. The van der Waals surface area contributed by atoms with E-state index in [1.807, 2.05) is 0 Å². The summed E-state index contributed by atoms with van der Waals surface area (Å²) in [6.07, 6.45) is 8.35. The minimum atomic E-state index is -1.81. The summed E-state index contributed by atoms with van der Waals surface area (Å²) < 4.78 is 1.56. The van der Waals surface area contributed by atoms with Crippen molar-refractivity contribution in [3.05, 3.63) is 162 Å². The molecule has 0 radical (unpaired) electrons. The smallest absolute Gasteiger partial charge is 0.245 e. The Morgan fingerprint density at radius 3 is 1.72 bits per heavy atom. The number of aromatic amines is 3. The van der Waals surface area contributed by atoms with Gasteiger partial charge in [-0.1, -0.05) is 99.6 Å². The second kappa shape index (κ2) is 43.9. The van der Waals surface area contributed by atoms with Crippen molar-refractivity contribution in [2.75, 3.05) is 44.8 Å². The normalized spacial score (nSPS) is 22.4. The number of nitrogens with zero attached hydrogens (tertiary/aromatic N) is 5. The van der Waals surface area contributed by atoms with Crippen LogP contribution in [-0.4, -0.2) is 244 Å². The molecule has 1 aliphatic rings. The first-order valence-electron chi connectivity index (χ1n) is 37.5. The number of benzene rings is 3. The number of H-pyrrole nitrogens is 3. The van der Waals surface area contributed by atoms with E-state index in [0.717, 1.165) is 16.7 Å². The molecule has 3 aromatic carbocycles. The topological polar surface area (TPSA) is 586 Å². The second-order valence-electron chi connectivity index (χ2n) is 28.0. The van der Waals surface area contributed by atoms with Gasteiger partial charge in [0, 0.05) is 106 Å². The number of nitrogens with two attached hydrogens (primary N) is 2. The van der Waals surface area contributed by atoms with Crippen LogP contribution in [-0.2, 0) is 113 Å². The summed E-state index contributed by atoms with van der Waals surface area (Å²) in [4.78, 5) is 225. The fourth-order valence-electron chi connectivity index (χ4n) is 12.6. The number of imidazole rings is 3. The van der Waals surface area contributed by atoms with E-state index >= 15 is 14.4 Å². The van der Waals surface area contributed by atoms with E-state index < -0.39 is 186 Å². The number of carbonyl (C=O) groups is 14. The summed E-state index contributed by atoms with van der Waals surface area (Å²) in [5.74, 6) is -15.0. The maximum absolute atomic E-state index is 15.2. The van der Waals surface area contributed by atoms with Crippen molar-refractivity contribution in [3.8, 4) is 0 Å². The summed E-state index contributed by atoms with van der Waals surface area (Å²) in [6, 6.07) is 7.27. The van der Waals surface area contributed by atoms with Crippen LogP contribution in [0.15, 0.2) is 129 Å². The number of aliphatic hydroxyl groups is 1. The number of nitrogens with one attached hydrogen (secondary N) is 17. The van der Waals surface area contributed by atoms with Crippen molar-refractivity contribution in [2.24, 2.45) is 24.4 Å². The highest BCUT2D eigenvalue weighted by Gasteiger charge is 2.39. The number of hydrogen-bond acceptors (Lipinski definition) is 20. The predicted octanol–water partition coefficient (Wildman–Crippen LogP) is -4.44. The molecule has 0 spiro atoms. The number of hydrogen-bond donors (Lipinski definition) is 20. The summed E-state index contributed by atoms with van der Waals surface area (Å²) in [5, 5.41) is 53.2. The largest absolute Gasteiger partial charge is 0.394 e. The first-order chi connectivity index (χ1) is 55.6. The van der Waals surface area contributed by atoms with E-state index in [2.05, 4.69) is 99.0 Å². The molecular weight excluding hydrogens is 1520 g/mol. The van der Waals surface area contributed by atoms with Crippen molar-refractivity contribution >= 4 is 111 Å². The summed E-state index contributed by atoms with van der Waals surface area (Å²) in [6.45, 7) is 2.19. The Labute approximate surface area is 671 Å². The Balaban J connectivity index is 1.16. The van der Waals surface area contributed by atoms with E-state index in [9.17, 15) is 57.8 Å². The van der Waals surface area contributed by atoms with Crippen LogP contribution in [0.5, 0.6) is 0 Å². The van der Waals surface area contributed by atoms with Crippen LogP contribution in [0.3, 0.4) is 0 Å². The first kappa shape index (κ1) is 88.6. The number of aryl methyl sites for hydroxylation is 1. The molecular formula is C76H100N24O15S. The highest BCUT2D eigenvalue weighted by molar-refractivity contribution is 8.00. The number of aromatic nitrogens is 7. The minimum Gasteiger partial charge on any atom is -0.394 e. The molecule has 0 saturated carbocycles. The molecule has 0 unspecified atom stereocenters. The minimum absolute atomic E-state index is 0.00123. The molecule has 0 bridgehead atoms. The lowest BCUT2D eigenvalue weighted by molar-refractivity contribution is -0.143. The van der Waals surface area contributed by atoms with Gasteiger partial charge in [-0.25, -0.2) is 15.0 Å². The Bertz CT molecular complexity index is 4540. The fourth-order valence-corrected chi connectivity index (χ4v) is 13.5. The zero-order valence-electron chi connectivity index (χ0n) is 64.6. The van der Waals surface area contributed by atoms with Gasteiger partial charge in [0.25, 0.3) is 0 Å². The SMILES string of the molecule is CC[C@@H]1NC(=O)[C@H](Cc2c[nH]cn2)NC(=O)[C@H](Cc2ccccc2)N(C)C(=O)[C@H](CCCNC(=N)N)NC(=O)[C@H](CO)NC(=O)CNC(=O)[C@H](Cc2c[nH]cn2)NC(=O)[C@H](Cc2c[nH]c3ccccc23)NC(=O)[C@H](C(C)C)NC(=O)[C@H](Cc2ccccc2)NC(=O)CSC[C@@H](C(=O)NCC(N)=O)NC(=O)[C@H](Cc2cncn2C)NC1=O. The third kappa shape index (κ3) is 26.8. The zero-order chi connectivity index (χ0) is 84.0. The molecule has 1 saturated heterocycles. The summed E-state index contributed by atoms with van der Waals surface area (Å²) in [7, 11) is 2.90. The number of carbonyl (C=O) groups excluding carboxylic acids is 14. The molecule has 1 fully saturated rings. The zero-order valence-corrected chi connectivity index (χ0v) is 65.4. The number of rotatable bonds is 22. The summed E-state index contributed by atoms with van der Waals surface area (Å²) >= 11 is 0.824. The van der Waals surface area contributed by atoms with Gasteiger partial charge in [0.2, 0.25) is 82.7 Å². The lowest BCUT2D eigenvalue weighted by Gasteiger charge is -2.33. The van der Waals surface area contributed by atoms with Crippen LogP contribution in [0.2, 0.25) is 0 Å². The van der Waals surface area contributed by atoms with Crippen molar-refractivity contribution in [1.29, 1.82) is 5.41 Å². The Morgan fingerprint density at radius 1 is 0.586 bits per heavy atom. The monoisotopic (exact) mass is 1620 g/mol. The van der Waals surface area contributed by atoms with Crippen molar-refractivity contribution in [3.63, 3.8) is 0 Å². The van der Waals surface area contributed by atoms with Gasteiger partial charge in [0.05, 0.1) is 55.8 Å². The molecule has 5 heterocycles. The van der Waals surface area contributed by atoms with Gasteiger partial charge in [-0.2, -0.15) is 0 Å². The molecule has 4 aromatic heterocycles. The maximum atomic E-state index is 15.2. The van der Waals surface area contributed by atoms with Gasteiger partial charge < -0.3 is 110 Å². The van der Waals surface area contributed by atoms with Crippen LogP contribution >= 0.6 is 11.8 Å². The average Bonchev–Trinajstić information content (AvgIpc) is 1.70. The highest BCUT2D eigenvalue weighted by Crippen LogP contribution is 2.21. The highest BCUT2D eigenvalue weighted by atomic mass is 32.2. The lowest BCUT2D eigenvalue weighted by Crippen LogP contribution is -2.61. The quantitative estimate of drug-likeness (QED) is 0.0173.